The van der Waals surface area contributed by atoms with Crippen LogP contribution < -0.4 is 10.1 Å². The molecule has 3 rings (SSSR count). The zero-order valence-corrected chi connectivity index (χ0v) is 16.5. The van der Waals surface area contributed by atoms with Crippen LogP contribution in [0.1, 0.15) is 35.2 Å². The Morgan fingerprint density at radius 1 is 0.929 bits per heavy atom. The number of hydrogen-bond acceptors (Lipinski definition) is 3. The van der Waals surface area contributed by atoms with Gasteiger partial charge < -0.3 is 15.0 Å². The van der Waals surface area contributed by atoms with E-state index in [1.54, 1.807) is 36.3 Å². The van der Waals surface area contributed by atoms with E-state index in [0.29, 0.717) is 30.0 Å². The first-order chi connectivity index (χ1) is 13.6. The summed E-state index contributed by atoms with van der Waals surface area (Å²) in [6.07, 6.45) is 3.01. The molecular formula is C22H23ClN2O3. The smallest absolute Gasteiger partial charge is 0.271 e. The third-order valence-electron chi connectivity index (χ3n) is 4.69. The standard InChI is InChI=1S/C22H23ClN2O3/c1-28-18-12-10-17(11-13-18)21(26)24-20(19(23)16-8-4-2-5-9-16)22(27)25-14-6-3-7-15-25/h2,4-5,8-13H,3,6-7,14-15H2,1H3,(H,24,26)/b20-19+. The van der Waals surface area contributed by atoms with Crippen LogP contribution in [0.15, 0.2) is 60.3 Å². The Balaban J connectivity index is 1.91. The van der Waals surface area contributed by atoms with Gasteiger partial charge in [0.05, 0.1) is 12.1 Å². The molecule has 0 atom stereocenters. The first-order valence-corrected chi connectivity index (χ1v) is 9.68. The van der Waals surface area contributed by atoms with Crippen molar-refractivity contribution < 1.29 is 14.3 Å². The molecule has 1 aliphatic rings. The van der Waals surface area contributed by atoms with Crippen molar-refractivity contribution in [2.24, 2.45) is 0 Å². The summed E-state index contributed by atoms with van der Waals surface area (Å²) in [7, 11) is 1.56. The van der Waals surface area contributed by atoms with Gasteiger partial charge in [0.2, 0.25) is 0 Å². The van der Waals surface area contributed by atoms with E-state index in [9.17, 15) is 9.59 Å². The molecule has 5 nitrogen and oxygen atoms in total. The molecule has 1 saturated heterocycles. The maximum atomic E-state index is 13.1. The van der Waals surface area contributed by atoms with Crippen molar-refractivity contribution in [3.05, 3.63) is 71.4 Å². The lowest BCUT2D eigenvalue weighted by atomic mass is 10.1. The number of ether oxygens (including phenoxy) is 1. The quantitative estimate of drug-likeness (QED) is 0.773. The summed E-state index contributed by atoms with van der Waals surface area (Å²) in [6.45, 7) is 1.33. The van der Waals surface area contributed by atoms with Crippen LogP contribution in [0, 0.1) is 0 Å². The number of carbonyl (C=O) groups excluding carboxylic acids is 2. The zero-order chi connectivity index (χ0) is 19.9. The zero-order valence-electron chi connectivity index (χ0n) is 15.8. The topological polar surface area (TPSA) is 58.6 Å². The molecule has 0 saturated carbocycles. The molecule has 0 aliphatic carbocycles. The van der Waals surface area contributed by atoms with Crippen molar-refractivity contribution >= 4 is 28.4 Å². The minimum Gasteiger partial charge on any atom is -0.497 e. The third kappa shape index (κ3) is 4.73. The number of halogens is 1. The highest BCUT2D eigenvalue weighted by atomic mass is 35.5. The second-order valence-electron chi connectivity index (χ2n) is 6.59. The van der Waals surface area contributed by atoms with E-state index in [1.807, 2.05) is 30.3 Å². The molecule has 2 aromatic carbocycles. The molecule has 0 aromatic heterocycles. The van der Waals surface area contributed by atoms with Crippen LogP contribution in [0.5, 0.6) is 5.75 Å². The fourth-order valence-electron chi connectivity index (χ4n) is 3.11. The molecule has 0 unspecified atom stereocenters. The van der Waals surface area contributed by atoms with E-state index in [1.165, 1.54) is 0 Å². The van der Waals surface area contributed by atoms with Gasteiger partial charge in [-0.05, 0) is 49.1 Å². The van der Waals surface area contributed by atoms with Gasteiger partial charge in [0, 0.05) is 18.7 Å². The van der Waals surface area contributed by atoms with Crippen molar-refractivity contribution in [3.63, 3.8) is 0 Å². The SMILES string of the molecule is COc1ccc(C(=O)N/C(C(=O)N2CCCCC2)=C(/Cl)c2ccccc2)cc1. The number of amides is 2. The molecule has 0 radical (unpaired) electrons. The summed E-state index contributed by atoms with van der Waals surface area (Å²) in [5, 5.41) is 2.98. The Hall–Kier alpha value is -2.79. The highest BCUT2D eigenvalue weighted by molar-refractivity contribution is 6.51. The average molecular weight is 399 g/mol. The van der Waals surface area contributed by atoms with Crippen molar-refractivity contribution in [2.45, 2.75) is 19.3 Å². The largest absolute Gasteiger partial charge is 0.497 e. The Kier molecular flexibility index (Phi) is 6.71. The molecule has 146 valence electrons. The molecular weight excluding hydrogens is 376 g/mol. The summed E-state index contributed by atoms with van der Waals surface area (Å²) in [5.41, 5.74) is 1.21. The van der Waals surface area contributed by atoms with E-state index in [0.717, 1.165) is 19.3 Å². The van der Waals surface area contributed by atoms with Gasteiger partial charge in [-0.2, -0.15) is 0 Å². The van der Waals surface area contributed by atoms with Crippen LogP contribution in [0.2, 0.25) is 0 Å². The second-order valence-corrected chi connectivity index (χ2v) is 6.97. The third-order valence-corrected chi connectivity index (χ3v) is 5.10. The molecule has 6 heteroatoms. The Labute approximate surface area is 169 Å². The predicted octanol–water partition coefficient (Wildman–Crippen LogP) is 4.05. The number of carbonyl (C=O) groups is 2. The lowest BCUT2D eigenvalue weighted by Gasteiger charge is -2.28. The number of nitrogens with one attached hydrogen (secondary N) is 1. The van der Waals surface area contributed by atoms with E-state index < -0.39 is 5.91 Å². The van der Waals surface area contributed by atoms with Crippen molar-refractivity contribution in [3.8, 4) is 5.75 Å². The Morgan fingerprint density at radius 3 is 2.18 bits per heavy atom. The van der Waals surface area contributed by atoms with Crippen molar-refractivity contribution in [1.29, 1.82) is 0 Å². The van der Waals surface area contributed by atoms with Crippen LogP contribution >= 0.6 is 11.6 Å². The van der Waals surface area contributed by atoms with Gasteiger partial charge >= 0.3 is 0 Å². The van der Waals surface area contributed by atoms with E-state index in [-0.39, 0.29) is 16.6 Å². The Bertz CT molecular complexity index is 857. The van der Waals surface area contributed by atoms with Crippen LogP contribution in [0.4, 0.5) is 0 Å². The van der Waals surface area contributed by atoms with Gasteiger partial charge in [-0.3, -0.25) is 9.59 Å². The monoisotopic (exact) mass is 398 g/mol. The van der Waals surface area contributed by atoms with E-state index in [2.05, 4.69) is 5.32 Å². The van der Waals surface area contributed by atoms with E-state index in [4.69, 9.17) is 16.3 Å². The number of benzene rings is 2. The molecule has 28 heavy (non-hydrogen) atoms. The van der Waals surface area contributed by atoms with Gasteiger partial charge in [-0.25, -0.2) is 0 Å². The average Bonchev–Trinajstić information content (AvgIpc) is 2.77. The molecule has 0 spiro atoms. The van der Waals surface area contributed by atoms with Crippen LogP contribution in [0.25, 0.3) is 5.03 Å². The number of piperidine rings is 1. The second kappa shape index (κ2) is 9.42. The van der Waals surface area contributed by atoms with Gasteiger partial charge in [0.15, 0.2) is 0 Å². The number of likely N-dealkylation sites (tertiary alicyclic amines) is 1. The number of methoxy groups -OCH3 is 1. The number of rotatable bonds is 5. The first-order valence-electron chi connectivity index (χ1n) is 9.30. The maximum Gasteiger partial charge on any atom is 0.271 e. The van der Waals surface area contributed by atoms with Crippen LogP contribution in [-0.2, 0) is 4.79 Å². The molecule has 2 aromatic rings. The normalized spacial score (nSPS) is 14.9. The Morgan fingerprint density at radius 2 is 1.57 bits per heavy atom. The number of nitrogens with zero attached hydrogens (tertiary/aromatic N) is 1. The minimum atomic E-state index is -0.392. The first kappa shape index (κ1) is 20.0. The van der Waals surface area contributed by atoms with Crippen LogP contribution in [-0.4, -0.2) is 36.9 Å². The molecule has 2 amide bonds. The highest BCUT2D eigenvalue weighted by Gasteiger charge is 2.25. The van der Waals surface area contributed by atoms with E-state index >= 15 is 0 Å². The lowest BCUT2D eigenvalue weighted by Crippen LogP contribution is -2.41. The molecule has 0 bridgehead atoms. The van der Waals surface area contributed by atoms with Gasteiger partial charge in [0.1, 0.15) is 11.4 Å². The van der Waals surface area contributed by atoms with Crippen molar-refractivity contribution in [1.82, 2.24) is 10.2 Å². The number of hydrogen-bond donors (Lipinski definition) is 1. The molecule has 1 fully saturated rings. The maximum absolute atomic E-state index is 13.1. The summed E-state index contributed by atoms with van der Waals surface area (Å²) >= 11 is 6.56. The summed E-state index contributed by atoms with van der Waals surface area (Å²) in [5.74, 6) is 0.00605. The summed E-state index contributed by atoms with van der Waals surface area (Å²) < 4.78 is 5.12. The van der Waals surface area contributed by atoms with Crippen molar-refractivity contribution in [2.75, 3.05) is 20.2 Å². The van der Waals surface area contributed by atoms with Gasteiger partial charge in [0.25, 0.3) is 11.8 Å². The predicted molar refractivity (Wildman–Crippen MR) is 110 cm³/mol. The minimum absolute atomic E-state index is 0.107. The molecule has 1 heterocycles. The van der Waals surface area contributed by atoms with Gasteiger partial charge in [-0.1, -0.05) is 41.9 Å². The summed E-state index contributed by atoms with van der Waals surface area (Å²) in [4.78, 5) is 27.6. The summed E-state index contributed by atoms with van der Waals surface area (Å²) in [6, 6.07) is 15.9. The van der Waals surface area contributed by atoms with Gasteiger partial charge in [-0.15, -0.1) is 0 Å². The lowest BCUT2D eigenvalue weighted by molar-refractivity contribution is -0.128. The highest BCUT2D eigenvalue weighted by Crippen LogP contribution is 2.24. The fraction of sp³-hybridized carbons (Fsp3) is 0.273. The van der Waals surface area contributed by atoms with Crippen LogP contribution in [0.3, 0.4) is 0 Å². The fourth-order valence-corrected chi connectivity index (χ4v) is 3.37. The molecule has 1 aliphatic heterocycles. The molecule has 1 N–H and O–H groups in total.